The number of fused-ring (bicyclic) bond motifs is 3. The molecule has 2 atom stereocenters. The highest BCUT2D eigenvalue weighted by molar-refractivity contribution is 7.92. The van der Waals surface area contributed by atoms with Crippen LogP contribution in [0.3, 0.4) is 0 Å². The molecule has 0 saturated heterocycles. The second-order valence-electron chi connectivity index (χ2n) is 10.8. The van der Waals surface area contributed by atoms with Crippen LogP contribution in [0, 0.1) is 17.8 Å². The highest BCUT2D eigenvalue weighted by Crippen LogP contribution is 2.51. The lowest BCUT2D eigenvalue weighted by Gasteiger charge is -2.45. The number of sulfonamides is 1. The fourth-order valence-electron chi connectivity index (χ4n) is 6.34. The summed E-state index contributed by atoms with van der Waals surface area (Å²) in [6.07, 6.45) is 9.38. The van der Waals surface area contributed by atoms with Crippen LogP contribution >= 0.6 is 7.82 Å². The van der Waals surface area contributed by atoms with Gasteiger partial charge in [-0.3, -0.25) is 14.0 Å². The van der Waals surface area contributed by atoms with Crippen LogP contribution in [-0.4, -0.2) is 46.7 Å². The van der Waals surface area contributed by atoms with Crippen LogP contribution in [0.15, 0.2) is 41.5 Å². The van der Waals surface area contributed by atoms with Gasteiger partial charge in [0.15, 0.2) is 0 Å². The number of rotatable bonds is 9. The van der Waals surface area contributed by atoms with E-state index in [1.165, 1.54) is 4.57 Å². The van der Waals surface area contributed by atoms with Gasteiger partial charge in [-0.15, -0.1) is 0 Å². The number of hydrogen-bond acceptors (Lipinski definition) is 6. The number of hydrogen-bond donors (Lipinski definition) is 4. The average molecular weight is 580 g/mol. The molecular weight excluding hydrogens is 545 g/mol. The van der Waals surface area contributed by atoms with Gasteiger partial charge in [0.25, 0.3) is 5.56 Å². The maximum absolute atomic E-state index is 12.6. The first kappa shape index (κ1) is 27.9. The zero-order valence-corrected chi connectivity index (χ0v) is 23.6. The SMILES string of the molecule is Cn1cc(-c2cc(NS(C)(=O)=O)ccc2OCCC2CC3CCCC(C2)C3OP(=O)(O)O)c2cc[nH]c2c1=O. The fraction of sp³-hybridized carbons (Fsp3) is 0.500. The molecule has 0 aliphatic heterocycles. The number of H-pyrrole nitrogens is 1. The third-order valence-electron chi connectivity index (χ3n) is 7.86. The summed E-state index contributed by atoms with van der Waals surface area (Å²) in [4.78, 5) is 34.3. The summed E-state index contributed by atoms with van der Waals surface area (Å²) in [7, 11) is -6.37. The molecule has 11 nitrogen and oxygen atoms in total. The lowest BCUT2D eigenvalue weighted by Crippen LogP contribution is -2.42. The van der Waals surface area contributed by atoms with Crippen LogP contribution in [0.1, 0.15) is 38.5 Å². The van der Waals surface area contributed by atoms with E-state index in [2.05, 4.69) is 9.71 Å². The molecule has 0 spiro atoms. The van der Waals surface area contributed by atoms with Crippen LogP contribution in [0.25, 0.3) is 22.0 Å². The molecule has 2 fully saturated rings. The smallest absolute Gasteiger partial charge is 0.469 e. The van der Waals surface area contributed by atoms with Gasteiger partial charge in [-0.2, -0.15) is 0 Å². The molecule has 2 aliphatic carbocycles. The number of phosphoric acid groups is 1. The maximum atomic E-state index is 12.6. The van der Waals surface area contributed by atoms with Gasteiger partial charge >= 0.3 is 7.82 Å². The molecule has 2 aliphatic rings. The van der Waals surface area contributed by atoms with Gasteiger partial charge < -0.3 is 24.1 Å². The summed E-state index contributed by atoms with van der Waals surface area (Å²) in [5.74, 6) is 1.16. The Bertz CT molecular complexity index is 1560. The predicted octanol–water partition coefficient (Wildman–Crippen LogP) is 3.98. The first-order valence-electron chi connectivity index (χ1n) is 13.0. The molecule has 3 aromatic rings. The average Bonchev–Trinajstić information content (AvgIpc) is 3.31. The maximum Gasteiger partial charge on any atom is 0.469 e. The zero-order valence-electron chi connectivity index (χ0n) is 21.9. The van der Waals surface area contributed by atoms with Gasteiger partial charge in [-0.25, -0.2) is 13.0 Å². The van der Waals surface area contributed by atoms with Crippen molar-refractivity contribution in [1.29, 1.82) is 0 Å². The minimum absolute atomic E-state index is 0.125. The molecule has 1 aromatic carbocycles. The van der Waals surface area contributed by atoms with Crippen molar-refractivity contribution >= 4 is 34.4 Å². The number of ether oxygens (including phenoxy) is 1. The van der Waals surface area contributed by atoms with E-state index in [4.69, 9.17) is 9.26 Å². The zero-order chi connectivity index (χ0) is 27.9. The number of nitrogens with zero attached hydrogens (tertiary/aromatic N) is 1. The van der Waals surface area contributed by atoms with E-state index in [9.17, 15) is 27.6 Å². The van der Waals surface area contributed by atoms with Crippen molar-refractivity contribution in [3.63, 3.8) is 0 Å². The third-order valence-corrected chi connectivity index (χ3v) is 8.99. The Morgan fingerprint density at radius 3 is 2.54 bits per heavy atom. The van der Waals surface area contributed by atoms with Crippen molar-refractivity contribution < 1.29 is 32.0 Å². The van der Waals surface area contributed by atoms with E-state index in [0.717, 1.165) is 50.3 Å². The van der Waals surface area contributed by atoms with Crippen molar-refractivity contribution in [2.45, 2.75) is 44.6 Å². The molecule has 0 amide bonds. The van der Waals surface area contributed by atoms with Crippen LogP contribution < -0.4 is 15.0 Å². The van der Waals surface area contributed by atoms with Crippen molar-refractivity contribution in [3.05, 3.63) is 47.0 Å². The number of aromatic nitrogens is 2. The van der Waals surface area contributed by atoms with Crippen LogP contribution in [0.4, 0.5) is 5.69 Å². The molecule has 2 saturated carbocycles. The summed E-state index contributed by atoms with van der Waals surface area (Å²) in [6.45, 7) is 0.419. The van der Waals surface area contributed by atoms with Gasteiger partial charge in [0, 0.05) is 41.6 Å². The van der Waals surface area contributed by atoms with E-state index < -0.39 is 23.9 Å². The van der Waals surface area contributed by atoms with E-state index in [0.29, 0.717) is 40.4 Å². The first-order valence-corrected chi connectivity index (χ1v) is 16.5. The standard InChI is InChI=1S/C26H34N3O8PS/c1-29-15-22(20-8-10-27-24(20)26(29)30)21-14-19(28-39(2,34)35)6-7-23(21)36-11-9-16-12-17-4-3-5-18(13-16)25(17)37-38(31,32)33/h6-8,10,14-18,25,27-28H,3-5,9,11-13H2,1-2H3,(H2,31,32,33). The predicted molar refractivity (Wildman–Crippen MR) is 148 cm³/mol. The number of aromatic amines is 1. The molecule has 2 bridgehead atoms. The summed E-state index contributed by atoms with van der Waals surface area (Å²) < 4.78 is 50.7. The molecule has 5 rings (SSSR count). The molecule has 13 heteroatoms. The van der Waals surface area contributed by atoms with E-state index >= 15 is 0 Å². The molecule has 0 radical (unpaired) electrons. The lowest BCUT2D eigenvalue weighted by molar-refractivity contribution is -0.0347. The molecular formula is C26H34N3O8PS. The number of pyridine rings is 1. The van der Waals surface area contributed by atoms with Crippen LogP contribution in [0.5, 0.6) is 5.75 Å². The number of aryl methyl sites for hydroxylation is 1. The Morgan fingerprint density at radius 1 is 1.15 bits per heavy atom. The van der Waals surface area contributed by atoms with Crippen LogP contribution in [-0.2, 0) is 26.2 Å². The van der Waals surface area contributed by atoms with Crippen molar-refractivity contribution in [2.24, 2.45) is 24.8 Å². The van der Waals surface area contributed by atoms with Crippen molar-refractivity contribution in [3.8, 4) is 16.9 Å². The van der Waals surface area contributed by atoms with Gasteiger partial charge in [0.2, 0.25) is 10.0 Å². The first-order chi connectivity index (χ1) is 18.4. The minimum Gasteiger partial charge on any atom is -0.493 e. The summed E-state index contributed by atoms with van der Waals surface area (Å²) in [5.41, 5.74) is 2.04. The highest BCUT2D eigenvalue weighted by Gasteiger charge is 2.43. The number of nitrogens with one attached hydrogen (secondary N) is 2. The third kappa shape index (κ3) is 6.41. The Balaban J connectivity index is 1.37. The normalized spacial score (nSPS) is 23.6. The Hall–Kier alpha value is -2.63. The van der Waals surface area contributed by atoms with Gasteiger partial charge in [0.05, 0.1) is 19.0 Å². The van der Waals surface area contributed by atoms with Gasteiger partial charge in [0.1, 0.15) is 11.3 Å². The lowest BCUT2D eigenvalue weighted by atomic mass is 9.65. The Labute approximate surface area is 226 Å². The quantitative estimate of drug-likeness (QED) is 0.277. The summed E-state index contributed by atoms with van der Waals surface area (Å²) in [5, 5.41) is 0.704. The summed E-state index contributed by atoms with van der Waals surface area (Å²) in [6, 6.07) is 6.89. The van der Waals surface area contributed by atoms with E-state index in [-0.39, 0.29) is 17.4 Å². The topological polar surface area (TPSA) is 160 Å². The van der Waals surface area contributed by atoms with Crippen molar-refractivity contribution in [1.82, 2.24) is 9.55 Å². The van der Waals surface area contributed by atoms with E-state index in [1.54, 1.807) is 37.6 Å². The number of phosphoric ester groups is 1. The monoisotopic (exact) mass is 579 g/mol. The van der Waals surface area contributed by atoms with Gasteiger partial charge in [-0.05, 0) is 74.1 Å². The summed E-state index contributed by atoms with van der Waals surface area (Å²) >= 11 is 0. The molecule has 2 unspecified atom stereocenters. The fourth-order valence-corrected chi connectivity index (χ4v) is 7.56. The minimum atomic E-state index is -4.53. The van der Waals surface area contributed by atoms with Crippen LogP contribution in [0.2, 0.25) is 0 Å². The molecule has 212 valence electrons. The molecule has 2 heterocycles. The second-order valence-corrected chi connectivity index (χ2v) is 13.7. The number of benzene rings is 1. The number of anilines is 1. The van der Waals surface area contributed by atoms with E-state index in [1.807, 2.05) is 6.07 Å². The largest absolute Gasteiger partial charge is 0.493 e. The highest BCUT2D eigenvalue weighted by atomic mass is 32.2. The molecule has 2 aromatic heterocycles. The van der Waals surface area contributed by atoms with Gasteiger partial charge in [-0.1, -0.05) is 6.42 Å². The Kier molecular flexibility index (Phi) is 7.69. The Morgan fingerprint density at radius 2 is 1.87 bits per heavy atom. The van der Waals surface area contributed by atoms with Crippen molar-refractivity contribution in [2.75, 3.05) is 17.6 Å². The molecule has 4 N–H and O–H groups in total. The second kappa shape index (κ2) is 10.7. The molecule has 39 heavy (non-hydrogen) atoms.